The van der Waals surface area contributed by atoms with Crippen molar-refractivity contribution < 1.29 is 18.8 Å². The zero-order valence-electron chi connectivity index (χ0n) is 17.7. The van der Waals surface area contributed by atoms with Crippen molar-refractivity contribution in [2.24, 2.45) is 5.92 Å². The zero-order valence-corrected chi connectivity index (χ0v) is 18.4. The summed E-state index contributed by atoms with van der Waals surface area (Å²) in [7, 11) is 0. The Morgan fingerprint density at radius 3 is 2.69 bits per heavy atom. The monoisotopic (exact) mass is 457 g/mol. The SMILES string of the molecule is C[C@@]1(c2c(F)cccc2Cl)NOC=C1C(=O)N[C@H]1CCC(CNC(=O)c2ccccc2)C1. The largest absolute Gasteiger partial charge is 0.415 e. The minimum Gasteiger partial charge on any atom is -0.415 e. The van der Waals surface area contributed by atoms with Gasteiger partial charge in [-0.1, -0.05) is 35.9 Å². The summed E-state index contributed by atoms with van der Waals surface area (Å²) in [6, 6.07) is 13.4. The fourth-order valence-electron chi connectivity index (χ4n) is 4.40. The van der Waals surface area contributed by atoms with Gasteiger partial charge in [-0.15, -0.1) is 5.48 Å². The molecule has 2 aromatic carbocycles. The smallest absolute Gasteiger partial charge is 0.252 e. The van der Waals surface area contributed by atoms with Gasteiger partial charge in [0.2, 0.25) is 0 Å². The van der Waals surface area contributed by atoms with Crippen LogP contribution < -0.4 is 16.1 Å². The van der Waals surface area contributed by atoms with E-state index in [9.17, 15) is 14.0 Å². The molecule has 1 fully saturated rings. The Kier molecular flexibility index (Phi) is 6.48. The third kappa shape index (κ3) is 4.49. The van der Waals surface area contributed by atoms with Crippen molar-refractivity contribution in [3.05, 3.63) is 82.3 Å². The van der Waals surface area contributed by atoms with E-state index >= 15 is 0 Å². The summed E-state index contributed by atoms with van der Waals surface area (Å²) in [5, 5.41) is 6.20. The van der Waals surface area contributed by atoms with Crippen molar-refractivity contribution in [3.63, 3.8) is 0 Å². The van der Waals surface area contributed by atoms with Gasteiger partial charge in [0.25, 0.3) is 11.8 Å². The predicted octanol–water partition coefficient (Wildman–Crippen LogP) is 3.83. The number of benzene rings is 2. The van der Waals surface area contributed by atoms with Gasteiger partial charge in [-0.2, -0.15) is 0 Å². The zero-order chi connectivity index (χ0) is 22.7. The average molecular weight is 458 g/mol. The van der Waals surface area contributed by atoms with Crippen LogP contribution in [0.25, 0.3) is 0 Å². The summed E-state index contributed by atoms with van der Waals surface area (Å²) in [5.74, 6) is -0.690. The summed E-state index contributed by atoms with van der Waals surface area (Å²) in [6.07, 6.45) is 3.74. The molecule has 1 saturated carbocycles. The molecule has 32 heavy (non-hydrogen) atoms. The van der Waals surface area contributed by atoms with Crippen LogP contribution in [0.15, 0.2) is 60.4 Å². The Labute approximate surface area is 191 Å². The molecule has 168 valence electrons. The Balaban J connectivity index is 1.35. The maximum Gasteiger partial charge on any atom is 0.252 e. The molecule has 3 atom stereocenters. The van der Waals surface area contributed by atoms with E-state index in [1.807, 2.05) is 18.2 Å². The third-order valence-corrected chi connectivity index (χ3v) is 6.46. The molecule has 2 amide bonds. The normalized spacial score (nSPS) is 24.5. The Bertz CT molecular complexity index is 1030. The highest BCUT2D eigenvalue weighted by Gasteiger charge is 2.44. The molecule has 0 spiro atoms. The summed E-state index contributed by atoms with van der Waals surface area (Å²) in [6.45, 7) is 2.21. The van der Waals surface area contributed by atoms with Gasteiger partial charge < -0.3 is 15.5 Å². The van der Waals surface area contributed by atoms with E-state index in [0.717, 1.165) is 19.3 Å². The summed E-state index contributed by atoms with van der Waals surface area (Å²) >= 11 is 6.23. The Morgan fingerprint density at radius 2 is 1.94 bits per heavy atom. The van der Waals surface area contributed by atoms with E-state index in [4.69, 9.17) is 16.4 Å². The number of amides is 2. The van der Waals surface area contributed by atoms with Gasteiger partial charge >= 0.3 is 0 Å². The lowest BCUT2D eigenvalue weighted by Gasteiger charge is -2.28. The highest BCUT2D eigenvalue weighted by Crippen LogP contribution is 2.39. The van der Waals surface area contributed by atoms with E-state index in [-0.39, 0.29) is 39.9 Å². The molecular formula is C24H25ClFN3O3. The first-order valence-electron chi connectivity index (χ1n) is 10.6. The number of carbonyl (C=O) groups is 2. The van der Waals surface area contributed by atoms with Crippen LogP contribution in [-0.2, 0) is 15.2 Å². The summed E-state index contributed by atoms with van der Waals surface area (Å²) < 4.78 is 14.5. The first-order chi connectivity index (χ1) is 15.4. The van der Waals surface area contributed by atoms with Gasteiger partial charge in [0, 0.05) is 28.7 Å². The number of hydrogen-bond donors (Lipinski definition) is 3. The van der Waals surface area contributed by atoms with Crippen molar-refractivity contribution in [2.45, 2.75) is 37.8 Å². The van der Waals surface area contributed by atoms with Crippen molar-refractivity contribution >= 4 is 23.4 Å². The second-order valence-corrected chi connectivity index (χ2v) is 8.81. The van der Waals surface area contributed by atoms with E-state index < -0.39 is 11.4 Å². The predicted molar refractivity (Wildman–Crippen MR) is 119 cm³/mol. The molecule has 3 N–H and O–H groups in total. The average Bonchev–Trinajstić information content (AvgIpc) is 3.39. The van der Waals surface area contributed by atoms with E-state index in [0.29, 0.717) is 12.1 Å². The maximum absolute atomic E-state index is 14.5. The van der Waals surface area contributed by atoms with Gasteiger partial charge in [0.1, 0.15) is 17.6 Å². The summed E-state index contributed by atoms with van der Waals surface area (Å²) in [4.78, 5) is 30.5. The van der Waals surface area contributed by atoms with Crippen molar-refractivity contribution in [3.8, 4) is 0 Å². The maximum atomic E-state index is 14.5. The first-order valence-corrected chi connectivity index (χ1v) is 11.0. The molecule has 0 saturated heterocycles. The number of hydrogen-bond acceptors (Lipinski definition) is 4. The van der Waals surface area contributed by atoms with Gasteiger partial charge in [-0.3, -0.25) is 9.59 Å². The number of carbonyl (C=O) groups excluding carboxylic acids is 2. The lowest BCUT2D eigenvalue weighted by atomic mass is 9.85. The highest BCUT2D eigenvalue weighted by atomic mass is 35.5. The van der Waals surface area contributed by atoms with Crippen LogP contribution >= 0.6 is 11.6 Å². The van der Waals surface area contributed by atoms with Crippen LogP contribution in [-0.4, -0.2) is 24.4 Å². The Morgan fingerprint density at radius 1 is 1.16 bits per heavy atom. The highest BCUT2D eigenvalue weighted by molar-refractivity contribution is 6.31. The molecule has 8 heteroatoms. The number of halogens is 2. The van der Waals surface area contributed by atoms with Crippen LogP contribution in [0, 0.1) is 11.7 Å². The van der Waals surface area contributed by atoms with E-state index in [1.165, 1.54) is 18.4 Å². The lowest BCUT2D eigenvalue weighted by Crippen LogP contribution is -2.44. The topological polar surface area (TPSA) is 79.5 Å². The fourth-order valence-corrected chi connectivity index (χ4v) is 4.76. The standard InChI is InChI=1S/C24H25ClFN3O3/c1-24(21-19(25)8-5-9-20(21)26)18(14-32-29-24)23(31)28-17-11-10-15(12-17)13-27-22(30)16-6-3-2-4-7-16/h2-9,14-15,17,29H,10-13H2,1H3,(H,27,30)(H,28,31)/t15?,17-,24+/m0/s1. The molecule has 2 aromatic rings. The van der Waals surface area contributed by atoms with Crippen LogP contribution in [0.2, 0.25) is 5.02 Å². The van der Waals surface area contributed by atoms with Crippen molar-refractivity contribution in [2.75, 3.05) is 6.54 Å². The van der Waals surface area contributed by atoms with Gasteiger partial charge in [-0.05, 0) is 56.4 Å². The minimum atomic E-state index is -1.21. The molecule has 0 aromatic heterocycles. The second kappa shape index (κ2) is 9.30. The first kappa shape index (κ1) is 22.3. The molecular weight excluding hydrogens is 433 g/mol. The molecule has 1 aliphatic heterocycles. The van der Waals surface area contributed by atoms with Crippen LogP contribution in [0.1, 0.15) is 42.1 Å². The Hall–Kier alpha value is -2.90. The van der Waals surface area contributed by atoms with Gasteiger partial charge in [-0.25, -0.2) is 4.39 Å². The number of hydroxylamine groups is 1. The fraction of sp³-hybridized carbons (Fsp3) is 0.333. The van der Waals surface area contributed by atoms with Crippen molar-refractivity contribution in [1.29, 1.82) is 0 Å². The molecule has 6 nitrogen and oxygen atoms in total. The third-order valence-electron chi connectivity index (χ3n) is 6.15. The number of nitrogens with one attached hydrogen (secondary N) is 3. The number of rotatable bonds is 6. The van der Waals surface area contributed by atoms with Crippen LogP contribution in [0.3, 0.4) is 0 Å². The van der Waals surface area contributed by atoms with E-state index in [2.05, 4.69) is 16.1 Å². The van der Waals surface area contributed by atoms with Gasteiger partial charge in [0.05, 0.1) is 5.57 Å². The quantitative estimate of drug-likeness (QED) is 0.616. The van der Waals surface area contributed by atoms with Crippen molar-refractivity contribution in [1.82, 2.24) is 16.1 Å². The molecule has 1 heterocycles. The van der Waals surface area contributed by atoms with Crippen LogP contribution in [0.4, 0.5) is 4.39 Å². The minimum absolute atomic E-state index is 0.0389. The van der Waals surface area contributed by atoms with Crippen LogP contribution in [0.5, 0.6) is 0 Å². The molecule has 4 rings (SSSR count). The lowest BCUT2D eigenvalue weighted by molar-refractivity contribution is -0.118. The second-order valence-electron chi connectivity index (χ2n) is 8.40. The molecule has 2 aliphatic rings. The van der Waals surface area contributed by atoms with E-state index in [1.54, 1.807) is 25.1 Å². The molecule has 0 bridgehead atoms. The molecule has 0 radical (unpaired) electrons. The molecule has 1 unspecified atom stereocenters. The van der Waals surface area contributed by atoms with Gasteiger partial charge in [0.15, 0.2) is 0 Å². The molecule has 1 aliphatic carbocycles. The summed E-state index contributed by atoms with van der Waals surface area (Å²) in [5.41, 5.74) is 2.55.